The fraction of sp³-hybridized carbons (Fsp3) is 0.200. The molecule has 0 nitrogen and oxygen atoms in total. The summed E-state index contributed by atoms with van der Waals surface area (Å²) in [6.45, 7) is 4.62. The van der Waals surface area contributed by atoms with E-state index in [0.717, 1.165) is 0 Å². The first-order chi connectivity index (χ1) is 7.79. The Balaban J connectivity index is 0.00000144. The van der Waals surface area contributed by atoms with E-state index >= 15 is 0 Å². The van der Waals surface area contributed by atoms with Gasteiger partial charge in [0.1, 0.15) is 0 Å². The highest BCUT2D eigenvalue weighted by atomic mass is 79.9. The van der Waals surface area contributed by atoms with Crippen LogP contribution in [0.3, 0.4) is 0 Å². The minimum absolute atomic E-state index is 0. The molecule has 0 aromatic heterocycles. The van der Waals surface area contributed by atoms with Crippen molar-refractivity contribution in [3.63, 3.8) is 0 Å². The lowest BCUT2D eigenvalue weighted by atomic mass is 10.4. The van der Waals surface area contributed by atoms with Crippen LogP contribution in [0.2, 0.25) is 0 Å². The van der Waals surface area contributed by atoms with Crippen LogP contribution in [0.4, 0.5) is 0 Å². The van der Waals surface area contributed by atoms with Gasteiger partial charge in [0.25, 0.3) is 0 Å². The van der Waals surface area contributed by atoms with Crippen LogP contribution in [0.1, 0.15) is 13.8 Å². The van der Waals surface area contributed by atoms with Gasteiger partial charge in [-0.05, 0) is 24.2 Å². The van der Waals surface area contributed by atoms with E-state index in [1.165, 1.54) is 10.6 Å². The molecule has 0 aliphatic rings. The average Bonchev–Trinajstić information content (AvgIpc) is 2.31. The summed E-state index contributed by atoms with van der Waals surface area (Å²) in [5.74, 6) is 0. The molecule has 0 unspecified atom stereocenters. The van der Waals surface area contributed by atoms with Crippen molar-refractivity contribution in [1.29, 1.82) is 0 Å². The third-order valence-electron chi connectivity index (χ3n) is 2.59. The first-order valence-electron chi connectivity index (χ1n) is 5.68. The Morgan fingerprint density at radius 1 is 0.706 bits per heavy atom. The Bertz CT molecular complexity index is 386. The fourth-order valence-electron chi connectivity index (χ4n) is 1.92. The average molecular weight is 309 g/mol. The molecule has 0 amide bonds. The summed E-state index contributed by atoms with van der Waals surface area (Å²) >= 11 is 0. The zero-order chi connectivity index (χ0) is 11.4. The van der Waals surface area contributed by atoms with Crippen LogP contribution in [-0.4, -0.2) is 5.66 Å². The second kappa shape index (κ2) is 6.93. The van der Waals surface area contributed by atoms with Gasteiger partial charge >= 0.3 is 0 Å². The van der Waals surface area contributed by atoms with Gasteiger partial charge in [-0.1, -0.05) is 74.5 Å². The molecule has 90 valence electrons. The lowest BCUT2D eigenvalue weighted by molar-refractivity contribution is 1.10. The Hall–Kier alpha value is -0.650. The predicted octanol–water partition coefficient (Wildman–Crippen LogP) is 4.11. The first-order valence-corrected chi connectivity index (χ1v) is 7.09. The largest absolute Gasteiger partial charge is 0.114 e. The minimum Gasteiger partial charge on any atom is -0.114 e. The van der Waals surface area contributed by atoms with Gasteiger partial charge in [0.2, 0.25) is 0 Å². The fourth-order valence-corrected chi connectivity index (χ4v) is 4.40. The number of halogens is 1. The van der Waals surface area contributed by atoms with Crippen molar-refractivity contribution in [2.24, 2.45) is 0 Å². The topological polar surface area (TPSA) is 0 Å². The van der Waals surface area contributed by atoms with Crippen molar-refractivity contribution in [2.45, 2.75) is 19.5 Å². The number of benzene rings is 2. The summed E-state index contributed by atoms with van der Waals surface area (Å²) in [6.07, 6.45) is 0. The molecule has 0 saturated carbocycles. The normalized spacial score (nSPS) is 10.4. The first kappa shape index (κ1) is 14.4. The maximum Gasteiger partial charge on any atom is -0.0186 e. The minimum atomic E-state index is -0.210. The van der Waals surface area contributed by atoms with E-state index in [1.807, 2.05) is 0 Å². The van der Waals surface area contributed by atoms with Crippen molar-refractivity contribution in [1.82, 2.24) is 0 Å². The molecule has 0 fully saturated rings. The molecule has 2 aromatic carbocycles. The summed E-state index contributed by atoms with van der Waals surface area (Å²) in [5, 5.41) is 2.94. The van der Waals surface area contributed by atoms with Crippen LogP contribution in [0.25, 0.3) is 0 Å². The van der Waals surface area contributed by atoms with Gasteiger partial charge < -0.3 is 0 Å². The second-order valence-electron chi connectivity index (χ2n) is 4.13. The summed E-state index contributed by atoms with van der Waals surface area (Å²) in [4.78, 5) is 0. The summed E-state index contributed by atoms with van der Waals surface area (Å²) in [6, 6.07) is 21.7. The molecule has 0 radical (unpaired) electrons. The van der Waals surface area contributed by atoms with E-state index in [1.54, 1.807) is 0 Å². The van der Waals surface area contributed by atoms with Crippen molar-refractivity contribution in [3.8, 4) is 0 Å². The monoisotopic (exact) mass is 308 g/mol. The number of hydrogen-bond donors (Lipinski definition) is 0. The number of rotatable bonds is 3. The molecule has 2 aromatic rings. The van der Waals surface area contributed by atoms with Crippen molar-refractivity contribution >= 4 is 35.5 Å². The van der Waals surface area contributed by atoms with Gasteiger partial charge in [-0.3, -0.25) is 0 Å². The molecule has 0 heterocycles. The van der Waals surface area contributed by atoms with Crippen LogP contribution < -0.4 is 10.6 Å². The predicted molar refractivity (Wildman–Crippen MR) is 84.5 cm³/mol. The molecular formula is C15H18BrP. The molecule has 2 heteroatoms. The van der Waals surface area contributed by atoms with Crippen LogP contribution in [-0.2, 0) is 0 Å². The molecule has 0 spiro atoms. The second-order valence-corrected chi connectivity index (χ2v) is 6.94. The van der Waals surface area contributed by atoms with Crippen molar-refractivity contribution in [3.05, 3.63) is 60.7 Å². The third kappa shape index (κ3) is 3.66. The lowest BCUT2D eigenvalue weighted by Crippen LogP contribution is -2.17. The quantitative estimate of drug-likeness (QED) is 0.749. The Morgan fingerprint density at radius 3 is 1.35 bits per heavy atom. The van der Waals surface area contributed by atoms with Gasteiger partial charge in [0, 0.05) is 0 Å². The maximum absolute atomic E-state index is 2.31. The summed E-state index contributed by atoms with van der Waals surface area (Å²) in [7, 11) is -0.210. The highest BCUT2D eigenvalue weighted by Crippen LogP contribution is 2.38. The summed E-state index contributed by atoms with van der Waals surface area (Å²) < 4.78 is 0. The van der Waals surface area contributed by atoms with Gasteiger partial charge in [-0.25, -0.2) is 0 Å². The van der Waals surface area contributed by atoms with E-state index in [4.69, 9.17) is 0 Å². The highest BCUT2D eigenvalue weighted by molar-refractivity contribution is 8.93. The SMILES string of the molecule is Br.CC(C)P(c1ccccc1)c1ccccc1. The van der Waals surface area contributed by atoms with E-state index < -0.39 is 0 Å². The molecule has 0 aliphatic heterocycles. The maximum atomic E-state index is 2.31. The van der Waals surface area contributed by atoms with Crippen molar-refractivity contribution < 1.29 is 0 Å². The lowest BCUT2D eigenvalue weighted by Gasteiger charge is -2.22. The molecule has 0 aliphatic carbocycles. The molecular weight excluding hydrogens is 291 g/mol. The standard InChI is InChI=1S/C15H17P.BrH/c1-13(2)16(14-9-5-3-6-10-14)15-11-7-4-8-12-15;/h3-13H,1-2H3;1H. The molecule has 0 atom stereocenters. The smallest absolute Gasteiger partial charge is 0.0186 e. The Kier molecular flexibility index (Phi) is 5.88. The Morgan fingerprint density at radius 2 is 1.06 bits per heavy atom. The van der Waals surface area contributed by atoms with Gasteiger partial charge in [-0.2, -0.15) is 0 Å². The van der Waals surface area contributed by atoms with Crippen LogP contribution in [0, 0.1) is 0 Å². The molecule has 2 rings (SSSR count). The highest BCUT2D eigenvalue weighted by Gasteiger charge is 2.16. The van der Waals surface area contributed by atoms with Crippen LogP contribution >= 0.6 is 24.9 Å². The van der Waals surface area contributed by atoms with Crippen molar-refractivity contribution in [2.75, 3.05) is 0 Å². The van der Waals surface area contributed by atoms with Crippen LogP contribution in [0.15, 0.2) is 60.7 Å². The van der Waals surface area contributed by atoms with E-state index in [9.17, 15) is 0 Å². The molecule has 0 saturated heterocycles. The zero-order valence-corrected chi connectivity index (χ0v) is 12.8. The summed E-state index contributed by atoms with van der Waals surface area (Å²) in [5.41, 5.74) is 0.680. The van der Waals surface area contributed by atoms with Gasteiger partial charge in [0.05, 0.1) is 0 Å². The van der Waals surface area contributed by atoms with E-state index in [2.05, 4.69) is 74.5 Å². The third-order valence-corrected chi connectivity index (χ3v) is 5.33. The molecule has 0 bridgehead atoms. The van der Waals surface area contributed by atoms with Crippen LogP contribution in [0.5, 0.6) is 0 Å². The zero-order valence-electron chi connectivity index (χ0n) is 10.2. The van der Waals surface area contributed by atoms with E-state index in [-0.39, 0.29) is 24.9 Å². The van der Waals surface area contributed by atoms with Gasteiger partial charge in [-0.15, -0.1) is 17.0 Å². The molecule has 17 heavy (non-hydrogen) atoms. The number of hydrogen-bond acceptors (Lipinski definition) is 0. The Labute approximate surface area is 116 Å². The van der Waals surface area contributed by atoms with E-state index in [0.29, 0.717) is 5.66 Å². The van der Waals surface area contributed by atoms with Gasteiger partial charge in [0.15, 0.2) is 0 Å². The molecule has 0 N–H and O–H groups in total.